The molecule has 1 saturated heterocycles. The lowest BCUT2D eigenvalue weighted by Crippen LogP contribution is -2.40. The zero-order valence-electron chi connectivity index (χ0n) is 19.2. The number of aryl methyl sites for hydroxylation is 2. The number of hydrogen-bond donors (Lipinski definition) is 1. The molecule has 1 aliphatic heterocycles. The number of hydrogen-bond acceptors (Lipinski definition) is 3. The van der Waals surface area contributed by atoms with Crippen LogP contribution in [0.1, 0.15) is 43.9 Å². The maximum atomic E-state index is 5.47. The van der Waals surface area contributed by atoms with E-state index in [9.17, 15) is 0 Å². The molecule has 1 fully saturated rings. The lowest BCUT2D eigenvalue weighted by molar-refractivity contribution is 0.0625. The van der Waals surface area contributed by atoms with E-state index < -0.39 is 0 Å². The topological polar surface area (TPSA) is 54.7 Å². The van der Waals surface area contributed by atoms with Crippen molar-refractivity contribution in [1.82, 2.24) is 20.0 Å². The van der Waals surface area contributed by atoms with Crippen molar-refractivity contribution in [2.75, 3.05) is 39.9 Å². The molecule has 1 aliphatic rings. The van der Waals surface area contributed by atoms with Crippen molar-refractivity contribution < 1.29 is 4.74 Å². The molecule has 0 atom stereocenters. The molecule has 2 aromatic rings. The van der Waals surface area contributed by atoms with Crippen molar-refractivity contribution in [1.29, 1.82) is 0 Å². The van der Waals surface area contributed by atoms with E-state index in [0.717, 1.165) is 68.9 Å². The fraction of sp³-hybridized carbons (Fsp3) is 0.583. The van der Waals surface area contributed by atoms with Gasteiger partial charge in [-0.05, 0) is 69.6 Å². The lowest BCUT2D eigenvalue weighted by Gasteiger charge is -2.26. The molecule has 0 bridgehead atoms. The molecule has 0 radical (unpaired) electrons. The number of aliphatic imine (C=N–C) groups is 1. The van der Waals surface area contributed by atoms with Crippen molar-refractivity contribution in [3.63, 3.8) is 0 Å². The Morgan fingerprint density at radius 2 is 2.00 bits per heavy atom. The molecule has 7 heteroatoms. The van der Waals surface area contributed by atoms with Crippen molar-refractivity contribution in [2.24, 2.45) is 10.9 Å². The maximum Gasteiger partial charge on any atom is 0.193 e. The van der Waals surface area contributed by atoms with Crippen molar-refractivity contribution in [2.45, 2.75) is 46.0 Å². The van der Waals surface area contributed by atoms with Gasteiger partial charge in [0, 0.05) is 46.1 Å². The van der Waals surface area contributed by atoms with Gasteiger partial charge in [-0.25, -0.2) is 4.68 Å². The third-order valence-corrected chi connectivity index (χ3v) is 5.80. The number of aromatic nitrogens is 2. The van der Waals surface area contributed by atoms with Crippen molar-refractivity contribution in [3.8, 4) is 5.69 Å². The molecule has 0 amide bonds. The largest absolute Gasteiger partial charge is 0.381 e. The van der Waals surface area contributed by atoms with Gasteiger partial charge in [-0.15, -0.1) is 24.0 Å². The molecule has 172 valence electrons. The predicted molar refractivity (Wildman–Crippen MR) is 139 cm³/mol. The Labute approximate surface area is 204 Å². The standard InChI is InChI=1S/C24H37N5O.HI/c1-4-25-24(28(3)16-12-21-13-17-30-18-14-21)26-15-8-9-22-19-29(27-20(22)2)23-10-6-5-7-11-23;/h5-7,10-11,19,21H,4,8-9,12-18H2,1-3H3,(H,25,26);1H. The predicted octanol–water partition coefficient (Wildman–Crippen LogP) is 4.45. The summed E-state index contributed by atoms with van der Waals surface area (Å²) in [6, 6.07) is 10.3. The van der Waals surface area contributed by atoms with Crippen LogP contribution in [0.3, 0.4) is 0 Å². The molecule has 0 aliphatic carbocycles. The minimum Gasteiger partial charge on any atom is -0.381 e. The van der Waals surface area contributed by atoms with Crippen molar-refractivity contribution in [3.05, 3.63) is 47.8 Å². The van der Waals surface area contributed by atoms with E-state index in [0.29, 0.717) is 0 Å². The summed E-state index contributed by atoms with van der Waals surface area (Å²) in [5.41, 5.74) is 3.50. The summed E-state index contributed by atoms with van der Waals surface area (Å²) < 4.78 is 7.45. The third-order valence-electron chi connectivity index (χ3n) is 5.80. The summed E-state index contributed by atoms with van der Waals surface area (Å²) in [6.07, 6.45) is 7.76. The molecule has 2 heterocycles. The Morgan fingerprint density at radius 1 is 1.26 bits per heavy atom. The van der Waals surface area contributed by atoms with Gasteiger partial charge in [-0.1, -0.05) is 18.2 Å². The summed E-state index contributed by atoms with van der Waals surface area (Å²) >= 11 is 0. The van der Waals surface area contributed by atoms with E-state index in [1.807, 2.05) is 22.9 Å². The van der Waals surface area contributed by atoms with Crippen LogP contribution in [0, 0.1) is 12.8 Å². The van der Waals surface area contributed by atoms with Gasteiger partial charge in [0.05, 0.1) is 11.4 Å². The first-order valence-corrected chi connectivity index (χ1v) is 11.3. The normalized spacial score (nSPS) is 14.9. The van der Waals surface area contributed by atoms with Gasteiger partial charge in [0.1, 0.15) is 0 Å². The second kappa shape index (κ2) is 13.7. The van der Waals surface area contributed by atoms with Gasteiger partial charge < -0.3 is 15.0 Å². The number of guanidine groups is 1. The van der Waals surface area contributed by atoms with Gasteiger partial charge in [0.15, 0.2) is 5.96 Å². The summed E-state index contributed by atoms with van der Waals surface area (Å²) in [4.78, 5) is 7.14. The van der Waals surface area contributed by atoms with Crippen LogP contribution in [-0.2, 0) is 11.2 Å². The fourth-order valence-electron chi connectivity index (χ4n) is 3.90. The quantitative estimate of drug-likeness (QED) is 0.222. The molecule has 0 saturated carbocycles. The highest BCUT2D eigenvalue weighted by molar-refractivity contribution is 14.0. The molecule has 1 aromatic heterocycles. The van der Waals surface area contributed by atoms with E-state index in [1.54, 1.807) is 0 Å². The highest BCUT2D eigenvalue weighted by Crippen LogP contribution is 2.18. The molecule has 31 heavy (non-hydrogen) atoms. The van der Waals surface area contributed by atoms with Crippen LogP contribution in [0.25, 0.3) is 5.69 Å². The Bertz CT molecular complexity index is 787. The minimum absolute atomic E-state index is 0. The van der Waals surface area contributed by atoms with Crippen LogP contribution in [0.2, 0.25) is 0 Å². The van der Waals surface area contributed by atoms with Crippen LogP contribution in [0.15, 0.2) is 41.5 Å². The molecule has 6 nitrogen and oxygen atoms in total. The maximum absolute atomic E-state index is 5.47. The van der Waals surface area contributed by atoms with Crippen molar-refractivity contribution >= 4 is 29.9 Å². The number of para-hydroxylation sites is 1. The summed E-state index contributed by atoms with van der Waals surface area (Å²) in [5.74, 6) is 1.80. The Balaban J connectivity index is 0.00000341. The number of rotatable bonds is 9. The molecular formula is C24H38IN5O. The lowest BCUT2D eigenvalue weighted by atomic mass is 9.96. The summed E-state index contributed by atoms with van der Waals surface area (Å²) in [7, 11) is 2.15. The van der Waals surface area contributed by atoms with E-state index in [-0.39, 0.29) is 24.0 Å². The molecule has 1 N–H and O–H groups in total. The number of nitrogens with zero attached hydrogens (tertiary/aromatic N) is 4. The number of halogens is 1. The summed E-state index contributed by atoms with van der Waals surface area (Å²) in [5, 5.41) is 8.11. The highest BCUT2D eigenvalue weighted by atomic mass is 127. The van der Waals surface area contributed by atoms with E-state index in [2.05, 4.69) is 54.5 Å². The number of benzene rings is 1. The molecular weight excluding hydrogens is 501 g/mol. The molecule has 3 rings (SSSR count). The van der Waals surface area contributed by atoms with E-state index in [4.69, 9.17) is 9.73 Å². The Morgan fingerprint density at radius 3 is 2.71 bits per heavy atom. The first-order valence-electron chi connectivity index (χ1n) is 11.3. The van der Waals surface area contributed by atoms with Crippen LogP contribution in [0.5, 0.6) is 0 Å². The Hall–Kier alpha value is -1.61. The SMILES string of the molecule is CCNC(=NCCCc1cn(-c2ccccc2)nc1C)N(C)CCC1CCOCC1.I. The second-order valence-corrected chi connectivity index (χ2v) is 8.13. The molecule has 0 spiro atoms. The Kier molecular flexibility index (Phi) is 11.4. The van der Waals surface area contributed by atoms with Gasteiger partial charge in [0.2, 0.25) is 0 Å². The third kappa shape index (κ3) is 8.11. The highest BCUT2D eigenvalue weighted by Gasteiger charge is 2.15. The fourth-order valence-corrected chi connectivity index (χ4v) is 3.90. The van der Waals surface area contributed by atoms with Crippen LogP contribution in [-0.4, -0.2) is 60.5 Å². The average Bonchev–Trinajstić information content (AvgIpc) is 3.16. The zero-order chi connectivity index (χ0) is 21.2. The van der Waals surface area contributed by atoms with Gasteiger partial charge in [-0.2, -0.15) is 5.10 Å². The van der Waals surface area contributed by atoms with Gasteiger partial charge >= 0.3 is 0 Å². The van der Waals surface area contributed by atoms with Gasteiger partial charge in [-0.3, -0.25) is 4.99 Å². The van der Waals surface area contributed by atoms with E-state index in [1.165, 1.54) is 24.8 Å². The van der Waals surface area contributed by atoms with Crippen LogP contribution in [0.4, 0.5) is 0 Å². The van der Waals surface area contributed by atoms with E-state index >= 15 is 0 Å². The van der Waals surface area contributed by atoms with Crippen LogP contribution >= 0.6 is 24.0 Å². The zero-order valence-corrected chi connectivity index (χ0v) is 21.5. The first kappa shape index (κ1) is 25.6. The number of nitrogens with one attached hydrogen (secondary N) is 1. The minimum atomic E-state index is 0. The molecule has 1 aromatic carbocycles. The first-order chi connectivity index (χ1) is 14.7. The smallest absolute Gasteiger partial charge is 0.193 e. The molecule has 0 unspecified atom stereocenters. The monoisotopic (exact) mass is 539 g/mol. The summed E-state index contributed by atoms with van der Waals surface area (Å²) in [6.45, 7) is 8.81. The average molecular weight is 540 g/mol. The van der Waals surface area contributed by atoms with Gasteiger partial charge in [0.25, 0.3) is 0 Å². The second-order valence-electron chi connectivity index (χ2n) is 8.13. The van der Waals surface area contributed by atoms with Crippen LogP contribution < -0.4 is 5.32 Å². The number of ether oxygens (including phenoxy) is 1.